The summed E-state index contributed by atoms with van der Waals surface area (Å²) in [5, 5.41) is 28.0. The first-order chi connectivity index (χ1) is 9.43. The van der Waals surface area contributed by atoms with Gasteiger partial charge in [0.15, 0.2) is 0 Å². The minimum atomic E-state index is -1.47. The van der Waals surface area contributed by atoms with Crippen molar-refractivity contribution in [1.29, 1.82) is 0 Å². The number of hydrogen-bond acceptors (Lipinski definition) is 7. The summed E-state index contributed by atoms with van der Waals surface area (Å²) in [6, 6.07) is 0. The minimum absolute atomic E-state index is 0.276. The molecule has 0 saturated carbocycles. The zero-order valence-corrected chi connectivity index (χ0v) is 11.9. The van der Waals surface area contributed by atoms with Crippen LogP contribution in [0.4, 0.5) is 0 Å². The molecular weight excluding hydrogens is 268 g/mol. The topological polar surface area (TPSA) is 113 Å². The molecule has 0 aliphatic rings. The first kappa shape index (κ1) is 18.8. The van der Waals surface area contributed by atoms with Crippen molar-refractivity contribution in [3.8, 4) is 0 Å². The van der Waals surface area contributed by atoms with Gasteiger partial charge in [-0.15, -0.1) is 0 Å². The van der Waals surface area contributed by atoms with E-state index in [0.717, 1.165) is 26.2 Å². The Morgan fingerprint density at radius 2 is 1.75 bits per heavy atom. The van der Waals surface area contributed by atoms with E-state index in [0.29, 0.717) is 6.42 Å². The van der Waals surface area contributed by atoms with Crippen molar-refractivity contribution in [3.05, 3.63) is 0 Å². The van der Waals surface area contributed by atoms with E-state index < -0.39 is 36.7 Å². The summed E-state index contributed by atoms with van der Waals surface area (Å²) < 4.78 is 0. The highest BCUT2D eigenvalue weighted by atomic mass is 17.2. The molecule has 0 rings (SSSR count). The Kier molecular flexibility index (Phi) is 9.96. The molecular formula is C13H24O7. The van der Waals surface area contributed by atoms with Crippen LogP contribution in [0.1, 0.15) is 46.0 Å². The second kappa shape index (κ2) is 10.6. The highest BCUT2D eigenvalue weighted by Crippen LogP contribution is 2.19. The van der Waals surface area contributed by atoms with Crippen molar-refractivity contribution in [2.24, 2.45) is 5.92 Å². The molecule has 0 aromatic heterocycles. The van der Waals surface area contributed by atoms with Gasteiger partial charge in [0.05, 0.1) is 18.6 Å². The lowest BCUT2D eigenvalue weighted by Gasteiger charge is -2.23. The molecule has 7 nitrogen and oxygen atoms in total. The molecule has 0 aliphatic carbocycles. The third-order valence-corrected chi connectivity index (χ3v) is 2.91. The van der Waals surface area contributed by atoms with Crippen molar-refractivity contribution in [3.63, 3.8) is 0 Å². The Morgan fingerprint density at radius 3 is 2.25 bits per heavy atom. The molecule has 3 unspecified atom stereocenters. The molecule has 0 spiro atoms. The van der Waals surface area contributed by atoms with E-state index in [9.17, 15) is 19.8 Å². The van der Waals surface area contributed by atoms with Gasteiger partial charge >= 0.3 is 11.9 Å². The Morgan fingerprint density at radius 1 is 1.10 bits per heavy atom. The number of aliphatic hydroxyl groups is 3. The van der Waals surface area contributed by atoms with Gasteiger partial charge in [-0.25, -0.2) is 19.4 Å². The number of carbonyl (C=O) groups is 2. The summed E-state index contributed by atoms with van der Waals surface area (Å²) >= 11 is 0. The predicted molar refractivity (Wildman–Crippen MR) is 69.2 cm³/mol. The van der Waals surface area contributed by atoms with Crippen LogP contribution in [0.3, 0.4) is 0 Å². The SMILES string of the molecule is CCCCCCC(C(=O)OOC(C)=O)C(O)C(O)CO. The van der Waals surface area contributed by atoms with Gasteiger partial charge in [-0.1, -0.05) is 32.6 Å². The van der Waals surface area contributed by atoms with E-state index in [2.05, 4.69) is 9.78 Å². The molecule has 118 valence electrons. The maximum Gasteiger partial charge on any atom is 0.361 e. The van der Waals surface area contributed by atoms with Gasteiger partial charge in [-0.2, -0.15) is 0 Å². The summed E-state index contributed by atoms with van der Waals surface area (Å²) in [6.45, 7) is 2.44. The summed E-state index contributed by atoms with van der Waals surface area (Å²) in [5.41, 5.74) is 0. The molecule has 0 aromatic rings. The van der Waals surface area contributed by atoms with Gasteiger partial charge in [0, 0.05) is 6.92 Å². The molecule has 0 radical (unpaired) electrons. The third kappa shape index (κ3) is 7.42. The summed E-state index contributed by atoms with van der Waals surface area (Å²) in [7, 11) is 0. The lowest BCUT2D eigenvalue weighted by Crippen LogP contribution is -2.40. The van der Waals surface area contributed by atoms with Crippen LogP contribution in [0.5, 0.6) is 0 Å². The van der Waals surface area contributed by atoms with Crippen LogP contribution in [0.25, 0.3) is 0 Å². The second-order valence-electron chi connectivity index (χ2n) is 4.67. The number of unbranched alkanes of at least 4 members (excludes halogenated alkanes) is 3. The van der Waals surface area contributed by atoms with Gasteiger partial charge in [0.25, 0.3) is 0 Å². The van der Waals surface area contributed by atoms with Gasteiger partial charge in [0.1, 0.15) is 6.10 Å². The number of aliphatic hydroxyl groups excluding tert-OH is 3. The quantitative estimate of drug-likeness (QED) is 0.318. The third-order valence-electron chi connectivity index (χ3n) is 2.91. The summed E-state index contributed by atoms with van der Waals surface area (Å²) in [4.78, 5) is 30.7. The monoisotopic (exact) mass is 292 g/mol. The van der Waals surface area contributed by atoms with E-state index in [4.69, 9.17) is 5.11 Å². The van der Waals surface area contributed by atoms with Gasteiger partial charge in [-0.3, -0.25) is 0 Å². The number of rotatable bonds is 9. The van der Waals surface area contributed by atoms with Gasteiger partial charge < -0.3 is 15.3 Å². The fourth-order valence-electron chi connectivity index (χ4n) is 1.76. The fourth-order valence-corrected chi connectivity index (χ4v) is 1.76. The lowest BCUT2D eigenvalue weighted by molar-refractivity contribution is -0.263. The second-order valence-corrected chi connectivity index (χ2v) is 4.67. The Labute approximate surface area is 118 Å². The molecule has 0 aromatic carbocycles. The van der Waals surface area contributed by atoms with E-state index >= 15 is 0 Å². The van der Waals surface area contributed by atoms with Crippen LogP contribution in [0, 0.1) is 5.92 Å². The van der Waals surface area contributed by atoms with Gasteiger partial charge in [0.2, 0.25) is 0 Å². The van der Waals surface area contributed by atoms with Crippen LogP contribution < -0.4 is 0 Å². The molecule has 20 heavy (non-hydrogen) atoms. The molecule has 7 heteroatoms. The first-order valence-corrected chi connectivity index (χ1v) is 6.79. The van der Waals surface area contributed by atoms with E-state index in [1.165, 1.54) is 0 Å². The van der Waals surface area contributed by atoms with E-state index in [1.807, 2.05) is 6.92 Å². The largest absolute Gasteiger partial charge is 0.394 e. The Balaban J connectivity index is 4.51. The van der Waals surface area contributed by atoms with E-state index in [-0.39, 0.29) is 6.42 Å². The van der Waals surface area contributed by atoms with Crippen LogP contribution in [-0.2, 0) is 19.4 Å². The molecule has 0 aliphatic heterocycles. The highest BCUT2D eigenvalue weighted by molar-refractivity contribution is 5.74. The summed E-state index contributed by atoms with van der Waals surface area (Å²) in [5.74, 6) is -2.77. The Bertz CT molecular complexity index is 292. The zero-order chi connectivity index (χ0) is 15.5. The number of hydrogen-bond donors (Lipinski definition) is 3. The van der Waals surface area contributed by atoms with Crippen LogP contribution >= 0.6 is 0 Å². The van der Waals surface area contributed by atoms with Gasteiger partial charge in [-0.05, 0) is 6.42 Å². The molecule has 3 N–H and O–H groups in total. The molecule has 0 bridgehead atoms. The summed E-state index contributed by atoms with van der Waals surface area (Å²) in [6.07, 6.45) is 0.895. The molecule has 0 saturated heterocycles. The van der Waals surface area contributed by atoms with Crippen LogP contribution in [0.15, 0.2) is 0 Å². The number of carbonyl (C=O) groups excluding carboxylic acids is 2. The van der Waals surface area contributed by atoms with Crippen molar-refractivity contribution >= 4 is 11.9 Å². The van der Waals surface area contributed by atoms with Crippen LogP contribution in [0.2, 0.25) is 0 Å². The van der Waals surface area contributed by atoms with Crippen molar-refractivity contribution in [1.82, 2.24) is 0 Å². The maximum absolute atomic E-state index is 11.7. The minimum Gasteiger partial charge on any atom is -0.394 e. The van der Waals surface area contributed by atoms with E-state index in [1.54, 1.807) is 0 Å². The van der Waals surface area contributed by atoms with Crippen molar-refractivity contribution in [2.45, 2.75) is 58.2 Å². The highest BCUT2D eigenvalue weighted by Gasteiger charge is 2.33. The first-order valence-electron chi connectivity index (χ1n) is 6.79. The van der Waals surface area contributed by atoms with Crippen molar-refractivity contribution in [2.75, 3.05) is 6.61 Å². The van der Waals surface area contributed by atoms with Crippen molar-refractivity contribution < 1.29 is 34.7 Å². The standard InChI is InChI=1S/C13H24O7/c1-3-4-5-6-7-10(12(17)11(16)8-14)13(18)20-19-9(2)15/h10-12,14,16-17H,3-8H2,1-2H3. The molecule has 3 atom stereocenters. The normalized spacial score (nSPS) is 15.2. The lowest BCUT2D eigenvalue weighted by atomic mass is 9.92. The van der Waals surface area contributed by atoms with Crippen LogP contribution in [-0.4, -0.2) is 46.1 Å². The Hall–Kier alpha value is -1.18. The molecule has 0 fully saturated rings. The fraction of sp³-hybridized carbons (Fsp3) is 0.846. The smallest absolute Gasteiger partial charge is 0.361 e. The average Bonchev–Trinajstić information content (AvgIpc) is 2.43. The maximum atomic E-state index is 11.7. The zero-order valence-electron chi connectivity index (χ0n) is 11.9. The predicted octanol–water partition coefficient (Wildman–Crippen LogP) is 0.308. The average molecular weight is 292 g/mol. The molecule has 0 amide bonds. The molecule has 0 heterocycles.